The van der Waals surface area contributed by atoms with E-state index in [4.69, 9.17) is 4.74 Å². The van der Waals surface area contributed by atoms with Gasteiger partial charge in [-0.15, -0.1) is 0 Å². The molecule has 168 valence electrons. The van der Waals surface area contributed by atoms with Gasteiger partial charge in [0.15, 0.2) is 0 Å². The van der Waals surface area contributed by atoms with Crippen molar-refractivity contribution in [2.75, 3.05) is 26.8 Å². The number of carbonyl (C=O) groups excluding carboxylic acids is 1. The molecule has 1 aromatic carbocycles. The van der Waals surface area contributed by atoms with Gasteiger partial charge in [0.1, 0.15) is 5.69 Å². The van der Waals surface area contributed by atoms with E-state index in [2.05, 4.69) is 15.3 Å². The predicted molar refractivity (Wildman–Crippen MR) is 108 cm³/mol. The van der Waals surface area contributed by atoms with Crippen molar-refractivity contribution in [1.82, 2.24) is 20.0 Å². The van der Waals surface area contributed by atoms with Crippen LogP contribution in [-0.4, -0.2) is 53.4 Å². The third kappa shape index (κ3) is 6.38. The smallest absolute Gasteiger partial charge is 0.383 e. The van der Waals surface area contributed by atoms with Crippen molar-refractivity contribution in [3.8, 4) is 0 Å². The quantitative estimate of drug-likeness (QED) is 0.718. The lowest BCUT2D eigenvalue weighted by Crippen LogP contribution is -2.44. The van der Waals surface area contributed by atoms with Crippen molar-refractivity contribution in [3.63, 3.8) is 0 Å². The fraction of sp³-hybridized carbons (Fsp3) is 0.476. The van der Waals surface area contributed by atoms with E-state index in [0.717, 1.165) is 6.07 Å². The van der Waals surface area contributed by atoms with E-state index in [1.54, 1.807) is 6.07 Å². The molecule has 0 spiro atoms. The van der Waals surface area contributed by atoms with Gasteiger partial charge in [0.05, 0.1) is 18.7 Å². The van der Waals surface area contributed by atoms with Gasteiger partial charge < -0.3 is 10.1 Å². The molecule has 0 unspecified atom stereocenters. The minimum atomic E-state index is -4.35. The number of carbonyl (C=O) groups is 1. The molecule has 0 aliphatic carbocycles. The Morgan fingerprint density at radius 1 is 1.23 bits per heavy atom. The number of rotatable bonds is 7. The molecule has 31 heavy (non-hydrogen) atoms. The maximum absolute atomic E-state index is 12.9. The number of amides is 1. The first kappa shape index (κ1) is 23.0. The molecule has 0 atom stereocenters. The van der Waals surface area contributed by atoms with Gasteiger partial charge in [0, 0.05) is 38.9 Å². The van der Waals surface area contributed by atoms with Gasteiger partial charge in [-0.3, -0.25) is 14.5 Å². The van der Waals surface area contributed by atoms with E-state index in [1.807, 2.05) is 0 Å². The molecule has 1 aliphatic heterocycles. The van der Waals surface area contributed by atoms with E-state index in [-0.39, 0.29) is 29.7 Å². The minimum Gasteiger partial charge on any atom is -0.383 e. The summed E-state index contributed by atoms with van der Waals surface area (Å²) < 4.78 is 44.8. The molecule has 1 aromatic heterocycles. The van der Waals surface area contributed by atoms with Gasteiger partial charge in [-0.2, -0.15) is 18.3 Å². The normalized spacial score (nSPS) is 15.7. The van der Waals surface area contributed by atoms with E-state index in [1.165, 1.54) is 36.1 Å². The number of alkyl halides is 3. The monoisotopic (exact) mass is 438 g/mol. The minimum absolute atomic E-state index is 0.0635. The number of hydrogen-bond donors (Lipinski definition) is 1. The summed E-state index contributed by atoms with van der Waals surface area (Å²) in [4.78, 5) is 26.4. The van der Waals surface area contributed by atoms with Crippen LogP contribution in [0.25, 0.3) is 0 Å². The Balaban J connectivity index is 1.52. The molecule has 10 heteroatoms. The highest BCUT2D eigenvalue weighted by molar-refractivity contribution is 5.92. The van der Waals surface area contributed by atoms with E-state index in [9.17, 15) is 22.8 Å². The Kier molecular flexibility index (Phi) is 7.45. The Bertz CT molecular complexity index is 953. The molecule has 0 radical (unpaired) electrons. The zero-order valence-electron chi connectivity index (χ0n) is 17.2. The van der Waals surface area contributed by atoms with Gasteiger partial charge in [-0.25, -0.2) is 4.68 Å². The molecular weight excluding hydrogens is 413 g/mol. The van der Waals surface area contributed by atoms with Crippen LogP contribution in [0.15, 0.2) is 41.2 Å². The van der Waals surface area contributed by atoms with Crippen LogP contribution < -0.4 is 10.9 Å². The number of hydrogen-bond acceptors (Lipinski definition) is 5. The molecule has 1 saturated heterocycles. The molecule has 1 N–H and O–H groups in total. The molecule has 1 aliphatic rings. The van der Waals surface area contributed by atoms with Crippen molar-refractivity contribution in [1.29, 1.82) is 0 Å². The van der Waals surface area contributed by atoms with Crippen LogP contribution in [0.3, 0.4) is 0 Å². The van der Waals surface area contributed by atoms with Crippen molar-refractivity contribution in [3.05, 3.63) is 63.6 Å². The Labute approximate surface area is 177 Å². The standard InChI is InChI=1S/C21H25F3N4O3/c1-31-12-11-28-19(29)6-5-18(26-28)20(30)25-17-7-9-27(10-8-17)14-15-3-2-4-16(13-15)21(22,23)24/h2-6,13,17H,7-12,14H2,1H3,(H,25,30). The number of ether oxygens (including phenoxy) is 1. The summed E-state index contributed by atoms with van der Waals surface area (Å²) >= 11 is 0. The summed E-state index contributed by atoms with van der Waals surface area (Å²) in [5.41, 5.74) is -0.190. The van der Waals surface area contributed by atoms with Crippen LogP contribution in [-0.2, 0) is 24.0 Å². The van der Waals surface area contributed by atoms with Crippen LogP contribution in [0.2, 0.25) is 0 Å². The Hall–Kier alpha value is -2.72. The highest BCUT2D eigenvalue weighted by atomic mass is 19.4. The number of likely N-dealkylation sites (tertiary alicyclic amines) is 1. The molecule has 2 heterocycles. The third-order valence-electron chi connectivity index (χ3n) is 5.19. The van der Waals surface area contributed by atoms with E-state index >= 15 is 0 Å². The number of halogens is 3. The number of methoxy groups -OCH3 is 1. The number of benzene rings is 1. The first-order valence-corrected chi connectivity index (χ1v) is 10.0. The molecule has 2 aromatic rings. The van der Waals surface area contributed by atoms with Gasteiger partial charge in [-0.1, -0.05) is 18.2 Å². The van der Waals surface area contributed by atoms with Gasteiger partial charge in [-0.05, 0) is 30.5 Å². The maximum atomic E-state index is 12.9. The Morgan fingerprint density at radius 2 is 1.97 bits per heavy atom. The second kappa shape index (κ2) is 10.1. The molecule has 7 nitrogen and oxygen atoms in total. The molecular formula is C21H25F3N4O3. The van der Waals surface area contributed by atoms with E-state index in [0.29, 0.717) is 44.6 Å². The zero-order valence-corrected chi connectivity index (χ0v) is 17.2. The van der Waals surface area contributed by atoms with Gasteiger partial charge in [0.2, 0.25) is 0 Å². The summed E-state index contributed by atoms with van der Waals surface area (Å²) in [6, 6.07) is 7.98. The van der Waals surface area contributed by atoms with Crippen LogP contribution in [0, 0.1) is 0 Å². The van der Waals surface area contributed by atoms with E-state index < -0.39 is 11.7 Å². The van der Waals surface area contributed by atoms with Crippen molar-refractivity contribution in [2.24, 2.45) is 0 Å². The number of nitrogens with zero attached hydrogens (tertiary/aromatic N) is 3. The van der Waals surface area contributed by atoms with Crippen molar-refractivity contribution >= 4 is 5.91 Å². The zero-order chi connectivity index (χ0) is 22.4. The predicted octanol–water partition coefficient (Wildman–Crippen LogP) is 2.30. The summed E-state index contributed by atoms with van der Waals surface area (Å²) in [5, 5.41) is 7.01. The maximum Gasteiger partial charge on any atom is 0.416 e. The second-order valence-corrected chi connectivity index (χ2v) is 7.49. The summed E-state index contributed by atoms with van der Waals surface area (Å²) in [6.45, 7) is 2.30. The van der Waals surface area contributed by atoms with Crippen LogP contribution in [0.5, 0.6) is 0 Å². The fourth-order valence-electron chi connectivity index (χ4n) is 3.51. The number of aromatic nitrogens is 2. The lowest BCUT2D eigenvalue weighted by molar-refractivity contribution is -0.137. The largest absolute Gasteiger partial charge is 0.416 e. The lowest BCUT2D eigenvalue weighted by Gasteiger charge is -2.32. The third-order valence-corrected chi connectivity index (χ3v) is 5.19. The first-order valence-electron chi connectivity index (χ1n) is 10.0. The molecule has 3 rings (SSSR count). The molecule has 1 amide bonds. The number of piperidine rings is 1. The second-order valence-electron chi connectivity index (χ2n) is 7.49. The highest BCUT2D eigenvalue weighted by Gasteiger charge is 2.30. The Morgan fingerprint density at radius 3 is 2.65 bits per heavy atom. The van der Waals surface area contributed by atoms with Crippen LogP contribution >= 0.6 is 0 Å². The highest BCUT2D eigenvalue weighted by Crippen LogP contribution is 2.30. The average molecular weight is 438 g/mol. The van der Waals surface area contributed by atoms with Gasteiger partial charge >= 0.3 is 6.18 Å². The topological polar surface area (TPSA) is 76.5 Å². The lowest BCUT2D eigenvalue weighted by atomic mass is 10.0. The molecule has 0 bridgehead atoms. The summed E-state index contributed by atoms with van der Waals surface area (Å²) in [7, 11) is 1.51. The summed E-state index contributed by atoms with van der Waals surface area (Å²) in [6.07, 6.45) is -3.00. The fourth-order valence-corrected chi connectivity index (χ4v) is 3.51. The first-order chi connectivity index (χ1) is 14.8. The van der Waals surface area contributed by atoms with Crippen molar-refractivity contribution < 1.29 is 22.7 Å². The van der Waals surface area contributed by atoms with Crippen LogP contribution in [0.4, 0.5) is 13.2 Å². The summed E-state index contributed by atoms with van der Waals surface area (Å²) in [5.74, 6) is -0.359. The van der Waals surface area contributed by atoms with Gasteiger partial charge in [0.25, 0.3) is 11.5 Å². The SMILES string of the molecule is COCCn1nc(C(=O)NC2CCN(Cc3cccc(C(F)(F)F)c3)CC2)ccc1=O. The average Bonchev–Trinajstić information content (AvgIpc) is 2.74. The van der Waals surface area contributed by atoms with Crippen molar-refractivity contribution in [2.45, 2.75) is 38.1 Å². The molecule has 1 fully saturated rings. The molecule has 0 saturated carbocycles. The van der Waals surface area contributed by atoms with Crippen LogP contribution in [0.1, 0.15) is 34.5 Å². The number of nitrogens with one attached hydrogen (secondary N) is 1.